The highest BCUT2D eigenvalue weighted by molar-refractivity contribution is 8.00. The first-order valence-corrected chi connectivity index (χ1v) is 10.5. The molecule has 0 N–H and O–H groups in total. The molecule has 0 spiro atoms. The summed E-state index contributed by atoms with van der Waals surface area (Å²) in [5, 5.41) is 11.0. The number of rotatable bonds is 6. The van der Waals surface area contributed by atoms with Crippen LogP contribution in [0.4, 0.5) is 13.2 Å². The number of pyridine rings is 1. The van der Waals surface area contributed by atoms with Crippen LogP contribution in [0.1, 0.15) is 36.9 Å². The van der Waals surface area contributed by atoms with Crippen molar-refractivity contribution in [3.05, 3.63) is 80.1 Å². The topological polar surface area (TPSA) is 70.8 Å². The van der Waals surface area contributed by atoms with Crippen molar-refractivity contribution in [1.29, 1.82) is 5.26 Å². The molecule has 1 aromatic carbocycles. The SMILES string of the molecule is N#Cc1cc(C(=O)c2cccs2)c(C(F)(F)F)nc1SCC(=O)c1cccc(Cl)c1. The van der Waals surface area contributed by atoms with E-state index in [1.807, 2.05) is 0 Å². The van der Waals surface area contributed by atoms with E-state index in [-0.39, 0.29) is 32.6 Å². The van der Waals surface area contributed by atoms with Gasteiger partial charge in [-0.2, -0.15) is 18.4 Å². The molecule has 10 heteroatoms. The van der Waals surface area contributed by atoms with Gasteiger partial charge in [0.2, 0.25) is 5.78 Å². The van der Waals surface area contributed by atoms with E-state index in [0.29, 0.717) is 16.8 Å². The van der Waals surface area contributed by atoms with Gasteiger partial charge in [0.15, 0.2) is 11.5 Å². The Morgan fingerprint density at radius 2 is 1.97 bits per heavy atom. The second kappa shape index (κ2) is 9.00. The molecule has 0 unspecified atom stereocenters. The molecule has 4 nitrogen and oxygen atoms in total. The number of benzene rings is 1. The van der Waals surface area contributed by atoms with Crippen molar-refractivity contribution < 1.29 is 22.8 Å². The maximum atomic E-state index is 13.6. The van der Waals surface area contributed by atoms with Gasteiger partial charge in [-0.25, -0.2) is 4.98 Å². The van der Waals surface area contributed by atoms with Crippen LogP contribution in [0.3, 0.4) is 0 Å². The fraction of sp³-hybridized carbons (Fsp3) is 0.100. The highest BCUT2D eigenvalue weighted by Crippen LogP contribution is 2.35. The van der Waals surface area contributed by atoms with Crippen LogP contribution >= 0.6 is 34.7 Å². The van der Waals surface area contributed by atoms with Gasteiger partial charge in [0.25, 0.3) is 0 Å². The van der Waals surface area contributed by atoms with Crippen molar-refractivity contribution in [3.8, 4) is 6.07 Å². The van der Waals surface area contributed by atoms with Crippen LogP contribution in [0.25, 0.3) is 0 Å². The van der Waals surface area contributed by atoms with Gasteiger partial charge < -0.3 is 0 Å². The third-order valence-corrected chi connectivity index (χ3v) is 5.95. The first-order valence-electron chi connectivity index (χ1n) is 8.23. The summed E-state index contributed by atoms with van der Waals surface area (Å²) in [6.45, 7) is 0. The Hall–Kier alpha value is -2.67. The minimum absolute atomic E-state index is 0.0997. The quantitative estimate of drug-likeness (QED) is 0.334. The average Bonchev–Trinajstić information content (AvgIpc) is 3.25. The van der Waals surface area contributed by atoms with Crippen LogP contribution in [-0.4, -0.2) is 22.3 Å². The molecule has 0 radical (unpaired) electrons. The molecule has 2 heterocycles. The molecule has 0 aliphatic carbocycles. The van der Waals surface area contributed by atoms with Crippen molar-refractivity contribution in [2.45, 2.75) is 11.2 Å². The van der Waals surface area contributed by atoms with Gasteiger partial charge in [-0.1, -0.05) is 41.6 Å². The number of aromatic nitrogens is 1. The molecular weight excluding hydrogens is 457 g/mol. The number of thiophene rings is 1. The molecule has 0 fully saturated rings. The largest absolute Gasteiger partial charge is 0.434 e. The van der Waals surface area contributed by atoms with Crippen LogP contribution in [0.5, 0.6) is 0 Å². The molecule has 0 atom stereocenters. The maximum Gasteiger partial charge on any atom is 0.434 e. The minimum Gasteiger partial charge on any atom is -0.293 e. The second-order valence-electron chi connectivity index (χ2n) is 5.88. The molecule has 30 heavy (non-hydrogen) atoms. The summed E-state index contributed by atoms with van der Waals surface area (Å²) in [6, 6.07) is 11.7. The molecule has 2 aromatic heterocycles. The number of thioether (sulfide) groups is 1. The molecule has 0 aliphatic rings. The summed E-state index contributed by atoms with van der Waals surface area (Å²) in [5.74, 6) is -1.51. The van der Waals surface area contributed by atoms with E-state index in [1.54, 1.807) is 23.6 Å². The lowest BCUT2D eigenvalue weighted by Crippen LogP contribution is -2.17. The number of nitrogens with zero attached hydrogens (tertiary/aromatic N) is 2. The number of Topliss-reactive ketones (excluding diaryl/α,β-unsaturated/α-hetero) is 1. The Labute approximate surface area is 182 Å². The first-order chi connectivity index (χ1) is 14.2. The molecule has 0 bridgehead atoms. The van der Waals surface area contributed by atoms with E-state index in [0.717, 1.165) is 17.4 Å². The predicted molar refractivity (Wildman–Crippen MR) is 108 cm³/mol. The summed E-state index contributed by atoms with van der Waals surface area (Å²) in [6.07, 6.45) is -4.91. The number of hydrogen-bond donors (Lipinski definition) is 0. The first kappa shape index (κ1) is 22.0. The highest BCUT2D eigenvalue weighted by atomic mass is 35.5. The van der Waals surface area contributed by atoms with Crippen molar-refractivity contribution in [2.75, 3.05) is 5.75 Å². The number of halogens is 4. The number of hydrogen-bond acceptors (Lipinski definition) is 6. The molecule has 0 saturated carbocycles. The molecule has 3 aromatic rings. The number of carbonyl (C=O) groups is 2. The molecule has 152 valence electrons. The molecular formula is C20H10ClF3N2O2S2. The zero-order valence-corrected chi connectivity index (χ0v) is 17.3. The van der Waals surface area contributed by atoms with E-state index in [1.165, 1.54) is 24.3 Å². The van der Waals surface area contributed by atoms with Crippen LogP contribution in [0.15, 0.2) is 52.9 Å². The Morgan fingerprint density at radius 3 is 2.57 bits per heavy atom. The van der Waals surface area contributed by atoms with E-state index >= 15 is 0 Å². The lowest BCUT2D eigenvalue weighted by molar-refractivity contribution is -0.141. The number of ketones is 2. The number of nitriles is 1. The second-order valence-corrected chi connectivity index (χ2v) is 8.22. The lowest BCUT2D eigenvalue weighted by Gasteiger charge is -2.13. The van der Waals surface area contributed by atoms with Gasteiger partial charge in [-0.05, 0) is 29.6 Å². The Morgan fingerprint density at radius 1 is 1.20 bits per heavy atom. The molecule has 0 amide bonds. The van der Waals surface area contributed by atoms with Crippen molar-refractivity contribution >= 4 is 46.3 Å². The van der Waals surface area contributed by atoms with E-state index in [2.05, 4.69) is 4.98 Å². The number of carbonyl (C=O) groups excluding carboxylic acids is 2. The van der Waals surface area contributed by atoms with Gasteiger partial charge in [-0.3, -0.25) is 9.59 Å². The summed E-state index contributed by atoms with van der Waals surface area (Å²) in [7, 11) is 0. The summed E-state index contributed by atoms with van der Waals surface area (Å²) >= 11 is 7.52. The van der Waals surface area contributed by atoms with Crippen LogP contribution in [-0.2, 0) is 6.18 Å². The Bertz CT molecular complexity index is 1160. The van der Waals surface area contributed by atoms with Gasteiger partial charge >= 0.3 is 6.18 Å². The van der Waals surface area contributed by atoms with Crippen molar-refractivity contribution in [2.24, 2.45) is 0 Å². The van der Waals surface area contributed by atoms with Crippen LogP contribution in [0.2, 0.25) is 5.02 Å². The van der Waals surface area contributed by atoms with Gasteiger partial charge in [0, 0.05) is 10.6 Å². The van der Waals surface area contributed by atoms with Crippen LogP contribution < -0.4 is 0 Å². The minimum atomic E-state index is -4.91. The molecule has 3 rings (SSSR count). The zero-order chi connectivity index (χ0) is 21.9. The molecule has 0 saturated heterocycles. The van der Waals surface area contributed by atoms with E-state index in [4.69, 9.17) is 11.6 Å². The lowest BCUT2D eigenvalue weighted by atomic mass is 10.1. The summed E-state index contributed by atoms with van der Waals surface area (Å²) in [4.78, 5) is 28.5. The molecule has 0 aliphatic heterocycles. The van der Waals surface area contributed by atoms with Gasteiger partial charge in [0.05, 0.1) is 21.8 Å². The van der Waals surface area contributed by atoms with Gasteiger partial charge in [0.1, 0.15) is 11.1 Å². The number of alkyl halides is 3. The highest BCUT2D eigenvalue weighted by Gasteiger charge is 2.38. The standard InChI is InChI=1S/C20H10ClF3N2O2S2/c21-13-4-1-3-11(7-13)15(27)10-30-19-12(9-25)8-14(18(26-19)20(22,23)24)17(28)16-5-2-6-29-16/h1-8H,10H2. The summed E-state index contributed by atoms with van der Waals surface area (Å²) in [5.41, 5.74) is -2.02. The third kappa shape index (κ3) is 4.90. The van der Waals surface area contributed by atoms with E-state index < -0.39 is 23.2 Å². The smallest absolute Gasteiger partial charge is 0.293 e. The van der Waals surface area contributed by atoms with Gasteiger partial charge in [-0.15, -0.1) is 11.3 Å². The van der Waals surface area contributed by atoms with Crippen LogP contribution in [0, 0.1) is 11.3 Å². The monoisotopic (exact) mass is 466 g/mol. The Balaban J connectivity index is 1.96. The fourth-order valence-corrected chi connectivity index (χ4v) is 4.21. The van der Waals surface area contributed by atoms with Crippen molar-refractivity contribution in [1.82, 2.24) is 4.98 Å². The fourth-order valence-electron chi connectivity index (χ4n) is 2.50. The maximum absolute atomic E-state index is 13.6. The predicted octanol–water partition coefficient (Wildman–Crippen LogP) is 5.89. The average molecular weight is 467 g/mol. The Kier molecular flexibility index (Phi) is 6.61. The third-order valence-electron chi connectivity index (χ3n) is 3.85. The normalized spacial score (nSPS) is 11.2. The van der Waals surface area contributed by atoms with E-state index in [9.17, 15) is 28.0 Å². The van der Waals surface area contributed by atoms with Crippen molar-refractivity contribution in [3.63, 3.8) is 0 Å². The summed E-state index contributed by atoms with van der Waals surface area (Å²) < 4.78 is 40.8. The zero-order valence-electron chi connectivity index (χ0n) is 14.9.